The molecule has 0 fully saturated rings. The minimum atomic E-state index is -3.82. The molecule has 1 aromatic rings. The maximum atomic E-state index is 12.4. The molecule has 1 atom stereocenters. The van der Waals surface area contributed by atoms with Crippen molar-refractivity contribution in [3.63, 3.8) is 0 Å². The van der Waals surface area contributed by atoms with Gasteiger partial charge in [-0.25, -0.2) is 8.42 Å². The van der Waals surface area contributed by atoms with Crippen molar-refractivity contribution in [2.24, 2.45) is 7.05 Å². The fourth-order valence-corrected chi connectivity index (χ4v) is 2.69. The van der Waals surface area contributed by atoms with Gasteiger partial charge in [0.25, 0.3) is 15.0 Å². The summed E-state index contributed by atoms with van der Waals surface area (Å²) in [6, 6.07) is 1.42. The van der Waals surface area contributed by atoms with Crippen molar-refractivity contribution in [2.45, 2.75) is 38.1 Å². The first-order chi connectivity index (χ1) is 8.72. The third-order valence-electron chi connectivity index (χ3n) is 3.20. The zero-order chi connectivity index (χ0) is 14.8. The van der Waals surface area contributed by atoms with Crippen LogP contribution in [0, 0.1) is 0 Å². The first kappa shape index (κ1) is 16.0. The Balaban J connectivity index is 3.16. The zero-order valence-electron chi connectivity index (χ0n) is 11.6. The van der Waals surface area contributed by atoms with E-state index in [0.29, 0.717) is 12.2 Å². The lowest BCUT2D eigenvalue weighted by atomic mass is 10.2. The molecule has 0 radical (unpaired) electrons. The summed E-state index contributed by atoms with van der Waals surface area (Å²) in [6.45, 7) is 6.43. The smallest absolute Gasteiger partial charge is 0.270 e. The van der Waals surface area contributed by atoms with Crippen LogP contribution in [-0.4, -0.2) is 36.4 Å². The molecule has 0 aromatic carbocycles. The Hall–Kier alpha value is -1.01. The highest BCUT2D eigenvalue weighted by atomic mass is 35.7. The molecule has 1 amide bonds. The second kappa shape index (κ2) is 5.96. The van der Waals surface area contributed by atoms with Gasteiger partial charge in [0.05, 0.1) is 0 Å². The van der Waals surface area contributed by atoms with Gasteiger partial charge in [0, 0.05) is 36.5 Å². The highest BCUT2D eigenvalue weighted by molar-refractivity contribution is 8.13. The fraction of sp³-hybridized carbons (Fsp3) is 0.583. The van der Waals surface area contributed by atoms with Crippen LogP contribution < -0.4 is 0 Å². The number of carbonyl (C=O) groups excluding carboxylic acids is 1. The van der Waals surface area contributed by atoms with Gasteiger partial charge in [-0.2, -0.15) is 0 Å². The second-order valence-electron chi connectivity index (χ2n) is 4.46. The van der Waals surface area contributed by atoms with Gasteiger partial charge in [-0.1, -0.05) is 6.92 Å². The number of amides is 1. The third-order valence-corrected chi connectivity index (χ3v) is 4.53. The van der Waals surface area contributed by atoms with Crippen LogP contribution in [0.15, 0.2) is 17.2 Å². The van der Waals surface area contributed by atoms with Gasteiger partial charge >= 0.3 is 0 Å². The number of aromatic nitrogens is 1. The first-order valence-electron chi connectivity index (χ1n) is 6.14. The minimum Gasteiger partial charge on any atom is -0.345 e. The van der Waals surface area contributed by atoms with E-state index in [0.717, 1.165) is 6.42 Å². The lowest BCUT2D eigenvalue weighted by molar-refractivity contribution is 0.0690. The Morgan fingerprint density at radius 3 is 2.42 bits per heavy atom. The summed E-state index contributed by atoms with van der Waals surface area (Å²) in [5, 5.41) is 0. The first-order valence-corrected chi connectivity index (χ1v) is 8.45. The van der Waals surface area contributed by atoms with Gasteiger partial charge in [-0.15, -0.1) is 0 Å². The molecule has 1 rings (SSSR count). The molecule has 0 aliphatic carbocycles. The maximum absolute atomic E-state index is 12.4. The van der Waals surface area contributed by atoms with Crippen molar-refractivity contribution in [3.05, 3.63) is 18.0 Å². The van der Waals surface area contributed by atoms with E-state index in [1.165, 1.54) is 16.8 Å². The normalized spacial score (nSPS) is 13.3. The molecule has 19 heavy (non-hydrogen) atoms. The molecule has 1 heterocycles. The number of nitrogens with zero attached hydrogens (tertiary/aromatic N) is 2. The van der Waals surface area contributed by atoms with E-state index in [1.807, 2.05) is 20.8 Å². The summed E-state index contributed by atoms with van der Waals surface area (Å²) in [7, 11) is 3.10. The lowest BCUT2D eigenvalue weighted by Crippen LogP contribution is -2.38. The summed E-state index contributed by atoms with van der Waals surface area (Å²) in [5.41, 5.74) is 0.321. The molecular weight excluding hydrogens is 288 g/mol. The van der Waals surface area contributed by atoms with Crippen molar-refractivity contribution < 1.29 is 13.2 Å². The molecule has 0 saturated heterocycles. The van der Waals surface area contributed by atoms with Crippen LogP contribution in [0.1, 0.15) is 37.7 Å². The quantitative estimate of drug-likeness (QED) is 0.784. The standard InChI is InChI=1S/C12H19ClN2O3S/c1-5-9(3)15(6-2)12(16)11-7-10(8-14(11)4)19(13,17)18/h7-9H,5-6H2,1-4H3. The molecule has 0 saturated carbocycles. The highest BCUT2D eigenvalue weighted by Crippen LogP contribution is 2.20. The third kappa shape index (κ3) is 3.51. The second-order valence-corrected chi connectivity index (χ2v) is 7.02. The summed E-state index contributed by atoms with van der Waals surface area (Å²) >= 11 is 0. The predicted molar refractivity (Wildman–Crippen MR) is 74.9 cm³/mol. The number of carbonyl (C=O) groups is 1. The van der Waals surface area contributed by atoms with Crippen LogP contribution in [0.2, 0.25) is 0 Å². The van der Waals surface area contributed by atoms with Crippen molar-refractivity contribution in [2.75, 3.05) is 6.54 Å². The largest absolute Gasteiger partial charge is 0.345 e. The topological polar surface area (TPSA) is 59.4 Å². The number of halogens is 1. The van der Waals surface area contributed by atoms with Gasteiger partial charge in [0.2, 0.25) is 0 Å². The van der Waals surface area contributed by atoms with Crippen molar-refractivity contribution in [1.82, 2.24) is 9.47 Å². The van der Waals surface area contributed by atoms with Gasteiger partial charge in [0.15, 0.2) is 0 Å². The molecule has 7 heteroatoms. The van der Waals surface area contributed by atoms with Crippen LogP contribution in [0.5, 0.6) is 0 Å². The molecule has 0 spiro atoms. The number of aryl methyl sites for hydroxylation is 1. The van der Waals surface area contributed by atoms with E-state index in [-0.39, 0.29) is 16.8 Å². The van der Waals surface area contributed by atoms with Crippen LogP contribution in [0.25, 0.3) is 0 Å². The van der Waals surface area contributed by atoms with Gasteiger partial charge in [-0.05, 0) is 26.3 Å². The molecule has 0 aliphatic heterocycles. The van der Waals surface area contributed by atoms with Gasteiger partial charge in [0.1, 0.15) is 10.6 Å². The molecule has 0 aliphatic rings. The van der Waals surface area contributed by atoms with Gasteiger partial charge < -0.3 is 9.47 Å². The Bertz CT molecular complexity index is 566. The molecular formula is C12H19ClN2O3S. The van der Waals surface area contributed by atoms with Crippen LogP contribution in [0.3, 0.4) is 0 Å². The van der Waals surface area contributed by atoms with Crippen LogP contribution in [0.4, 0.5) is 0 Å². The summed E-state index contributed by atoms with van der Waals surface area (Å²) < 4.78 is 24.0. The summed E-state index contributed by atoms with van der Waals surface area (Å²) in [4.78, 5) is 14.1. The van der Waals surface area contributed by atoms with Gasteiger partial charge in [-0.3, -0.25) is 4.79 Å². The summed E-state index contributed by atoms with van der Waals surface area (Å²) in [5.74, 6) is -0.189. The van der Waals surface area contributed by atoms with Crippen molar-refractivity contribution in [3.8, 4) is 0 Å². The number of hydrogen-bond acceptors (Lipinski definition) is 3. The predicted octanol–water partition coefficient (Wildman–Crippen LogP) is 2.21. The SMILES string of the molecule is CCC(C)N(CC)C(=O)c1cc(S(=O)(=O)Cl)cn1C. The summed E-state index contributed by atoms with van der Waals surface area (Å²) in [6.07, 6.45) is 2.19. The average molecular weight is 307 g/mol. The number of hydrogen-bond donors (Lipinski definition) is 0. The van der Waals surface area contributed by atoms with Crippen LogP contribution in [-0.2, 0) is 16.1 Å². The highest BCUT2D eigenvalue weighted by Gasteiger charge is 2.24. The van der Waals surface area contributed by atoms with E-state index in [1.54, 1.807) is 11.9 Å². The van der Waals surface area contributed by atoms with E-state index < -0.39 is 9.05 Å². The molecule has 1 aromatic heterocycles. The maximum Gasteiger partial charge on any atom is 0.270 e. The zero-order valence-corrected chi connectivity index (χ0v) is 13.1. The Morgan fingerprint density at radius 2 is 2.05 bits per heavy atom. The molecule has 1 unspecified atom stereocenters. The Morgan fingerprint density at radius 1 is 1.47 bits per heavy atom. The fourth-order valence-electron chi connectivity index (χ4n) is 1.90. The average Bonchev–Trinajstić information content (AvgIpc) is 2.71. The Kier molecular flexibility index (Phi) is 5.04. The molecule has 108 valence electrons. The molecule has 0 bridgehead atoms. The Labute approximate surface area is 118 Å². The molecule has 5 nitrogen and oxygen atoms in total. The monoisotopic (exact) mass is 306 g/mol. The van der Waals surface area contributed by atoms with E-state index in [4.69, 9.17) is 10.7 Å². The van der Waals surface area contributed by atoms with E-state index in [2.05, 4.69) is 0 Å². The minimum absolute atomic E-state index is 0.0554. The molecule has 0 N–H and O–H groups in total. The lowest BCUT2D eigenvalue weighted by Gasteiger charge is -2.27. The van der Waals surface area contributed by atoms with Crippen LogP contribution >= 0.6 is 10.7 Å². The number of rotatable bonds is 5. The van der Waals surface area contributed by atoms with Crippen molar-refractivity contribution >= 4 is 25.6 Å². The van der Waals surface area contributed by atoms with E-state index in [9.17, 15) is 13.2 Å². The van der Waals surface area contributed by atoms with E-state index >= 15 is 0 Å². The van der Waals surface area contributed by atoms with Crippen molar-refractivity contribution in [1.29, 1.82) is 0 Å².